The summed E-state index contributed by atoms with van der Waals surface area (Å²) in [6, 6.07) is 20.8. The highest BCUT2D eigenvalue weighted by atomic mass is 32.1. The van der Waals surface area contributed by atoms with Crippen LogP contribution in [0.3, 0.4) is 0 Å². The molecule has 0 aliphatic carbocycles. The lowest BCUT2D eigenvalue weighted by Crippen LogP contribution is -2.25. The number of aryl methyl sites for hydroxylation is 1. The van der Waals surface area contributed by atoms with Crippen LogP contribution in [0, 0.1) is 6.92 Å². The first-order chi connectivity index (χ1) is 19.1. The molecule has 0 fully saturated rings. The maximum atomic E-state index is 13.3. The van der Waals surface area contributed by atoms with Crippen molar-refractivity contribution in [3.63, 3.8) is 0 Å². The van der Waals surface area contributed by atoms with E-state index in [1.165, 1.54) is 12.1 Å². The minimum Gasteiger partial charge on any atom is -0.457 e. The van der Waals surface area contributed by atoms with Crippen molar-refractivity contribution in [2.75, 3.05) is 10.6 Å². The standard InChI is InChI=1S/C28H19F3N4O4S/c1-16-14-22(36)35-23(25(37)34-19-7-5-6-17(15-19)28(29,30)31)24(40-27(35)32-16)26(38)33-18-10-12-21(13-11-18)39-20-8-3-2-4-9-20/h2-15H,1H3,(H,33,38)(H,34,37). The lowest BCUT2D eigenvalue weighted by molar-refractivity contribution is -0.137. The molecule has 202 valence electrons. The number of aromatic nitrogens is 2. The number of hydrogen-bond acceptors (Lipinski definition) is 6. The van der Waals surface area contributed by atoms with Crippen LogP contribution in [0.15, 0.2) is 89.7 Å². The number of ether oxygens (including phenoxy) is 1. The van der Waals surface area contributed by atoms with Crippen molar-refractivity contribution in [2.24, 2.45) is 0 Å². The maximum Gasteiger partial charge on any atom is 0.416 e. The van der Waals surface area contributed by atoms with Crippen molar-refractivity contribution in [1.29, 1.82) is 0 Å². The lowest BCUT2D eigenvalue weighted by Gasteiger charge is -2.11. The van der Waals surface area contributed by atoms with E-state index in [1.807, 2.05) is 18.2 Å². The summed E-state index contributed by atoms with van der Waals surface area (Å²) in [5.41, 5.74) is -1.34. The molecule has 2 amide bonds. The average Bonchev–Trinajstić information content (AvgIpc) is 3.30. The van der Waals surface area contributed by atoms with E-state index in [2.05, 4.69) is 15.6 Å². The lowest BCUT2D eigenvalue weighted by atomic mass is 10.2. The van der Waals surface area contributed by atoms with Gasteiger partial charge >= 0.3 is 6.18 Å². The fraction of sp³-hybridized carbons (Fsp3) is 0.0714. The van der Waals surface area contributed by atoms with E-state index in [1.54, 1.807) is 43.3 Å². The summed E-state index contributed by atoms with van der Waals surface area (Å²) in [5.74, 6) is -0.499. The summed E-state index contributed by atoms with van der Waals surface area (Å²) in [6.07, 6.45) is -4.62. The topological polar surface area (TPSA) is 102 Å². The number of rotatable bonds is 6. The molecule has 40 heavy (non-hydrogen) atoms. The number of fused-ring (bicyclic) bond motifs is 1. The smallest absolute Gasteiger partial charge is 0.416 e. The molecular formula is C28H19F3N4O4S. The molecule has 0 spiro atoms. The van der Waals surface area contributed by atoms with Gasteiger partial charge < -0.3 is 15.4 Å². The number of carbonyl (C=O) groups is 2. The van der Waals surface area contributed by atoms with Gasteiger partial charge in [-0.05, 0) is 61.5 Å². The Labute approximate surface area is 228 Å². The van der Waals surface area contributed by atoms with Crippen LogP contribution in [0.25, 0.3) is 4.96 Å². The van der Waals surface area contributed by atoms with Crippen molar-refractivity contribution in [3.8, 4) is 11.5 Å². The van der Waals surface area contributed by atoms with Crippen LogP contribution in [0.2, 0.25) is 0 Å². The first-order valence-electron chi connectivity index (χ1n) is 11.7. The Balaban J connectivity index is 1.45. The third-order valence-corrected chi connectivity index (χ3v) is 6.65. The molecule has 8 nitrogen and oxygen atoms in total. The minimum absolute atomic E-state index is 0.0796. The van der Waals surface area contributed by atoms with Gasteiger partial charge in [0.05, 0.1) is 5.56 Å². The van der Waals surface area contributed by atoms with Gasteiger partial charge in [0.25, 0.3) is 17.4 Å². The zero-order valence-corrected chi connectivity index (χ0v) is 21.5. The largest absolute Gasteiger partial charge is 0.457 e. The normalized spacial score (nSPS) is 11.3. The number of halogens is 3. The van der Waals surface area contributed by atoms with Gasteiger partial charge in [-0.3, -0.25) is 14.4 Å². The zero-order valence-electron chi connectivity index (χ0n) is 20.7. The first-order valence-corrected chi connectivity index (χ1v) is 12.6. The molecular weight excluding hydrogens is 545 g/mol. The second-order valence-corrected chi connectivity index (χ2v) is 9.54. The van der Waals surface area contributed by atoms with Gasteiger partial charge in [0.15, 0.2) is 4.96 Å². The monoisotopic (exact) mass is 564 g/mol. The summed E-state index contributed by atoms with van der Waals surface area (Å²) >= 11 is 0.805. The van der Waals surface area contributed by atoms with Gasteiger partial charge in [-0.25, -0.2) is 9.38 Å². The van der Waals surface area contributed by atoms with Gasteiger partial charge in [-0.1, -0.05) is 35.6 Å². The third-order valence-electron chi connectivity index (χ3n) is 5.61. The SMILES string of the molecule is Cc1cc(=O)n2c(C(=O)Nc3cccc(C(F)(F)F)c3)c(C(=O)Nc3ccc(Oc4ccccc4)cc3)sc2n1. The van der Waals surface area contributed by atoms with E-state index < -0.39 is 29.1 Å². The number of hydrogen-bond donors (Lipinski definition) is 2. The summed E-state index contributed by atoms with van der Waals surface area (Å²) in [7, 11) is 0. The molecule has 0 unspecified atom stereocenters. The molecule has 5 aromatic rings. The summed E-state index contributed by atoms with van der Waals surface area (Å²) < 4.78 is 46.2. The Morgan fingerprint density at radius 2 is 1.52 bits per heavy atom. The van der Waals surface area contributed by atoms with Crippen LogP contribution in [-0.4, -0.2) is 21.2 Å². The Bertz CT molecular complexity index is 1780. The van der Waals surface area contributed by atoms with Gasteiger partial charge in [-0.2, -0.15) is 13.2 Å². The highest BCUT2D eigenvalue weighted by Crippen LogP contribution is 2.31. The molecule has 0 radical (unpaired) electrons. The maximum absolute atomic E-state index is 13.3. The molecule has 2 aromatic heterocycles. The predicted molar refractivity (Wildman–Crippen MR) is 144 cm³/mol. The Morgan fingerprint density at radius 1 is 0.850 bits per heavy atom. The van der Waals surface area contributed by atoms with E-state index in [4.69, 9.17) is 4.74 Å². The number of benzene rings is 3. The Morgan fingerprint density at radius 3 is 2.23 bits per heavy atom. The first kappa shape index (κ1) is 26.6. The Hall–Kier alpha value is -4.97. The number of nitrogens with zero attached hydrogens (tertiary/aromatic N) is 2. The van der Waals surface area contributed by atoms with E-state index in [0.29, 0.717) is 22.9 Å². The van der Waals surface area contributed by atoms with Gasteiger partial charge in [0.2, 0.25) is 0 Å². The van der Waals surface area contributed by atoms with Crippen molar-refractivity contribution < 1.29 is 27.5 Å². The van der Waals surface area contributed by atoms with Crippen molar-refractivity contribution >= 4 is 39.5 Å². The molecule has 2 heterocycles. The van der Waals surface area contributed by atoms with Gasteiger partial charge in [-0.15, -0.1) is 0 Å². The molecule has 0 bridgehead atoms. The molecule has 0 saturated carbocycles. The van der Waals surface area contributed by atoms with Crippen LogP contribution in [-0.2, 0) is 6.18 Å². The molecule has 3 aromatic carbocycles. The van der Waals surface area contributed by atoms with Crippen molar-refractivity contribution in [3.05, 3.63) is 117 Å². The molecule has 0 atom stereocenters. The van der Waals surface area contributed by atoms with E-state index in [9.17, 15) is 27.6 Å². The Kier molecular flexibility index (Phi) is 7.09. The number of anilines is 2. The molecule has 0 aliphatic rings. The van der Waals surface area contributed by atoms with Crippen LogP contribution >= 0.6 is 11.3 Å². The van der Waals surface area contributed by atoms with Crippen LogP contribution in [0.1, 0.15) is 31.4 Å². The molecule has 0 saturated heterocycles. The second-order valence-electron chi connectivity index (χ2n) is 8.56. The minimum atomic E-state index is -4.62. The van der Waals surface area contributed by atoms with Gasteiger partial charge in [0, 0.05) is 23.1 Å². The fourth-order valence-corrected chi connectivity index (χ4v) is 4.90. The molecule has 5 rings (SSSR count). The van der Waals surface area contributed by atoms with E-state index in [-0.39, 0.29) is 21.2 Å². The number of para-hydroxylation sites is 1. The van der Waals surface area contributed by atoms with Crippen molar-refractivity contribution in [1.82, 2.24) is 9.38 Å². The number of nitrogens with one attached hydrogen (secondary N) is 2. The van der Waals surface area contributed by atoms with Crippen molar-refractivity contribution in [2.45, 2.75) is 13.1 Å². The third kappa shape index (κ3) is 5.71. The van der Waals surface area contributed by atoms with E-state index >= 15 is 0 Å². The van der Waals surface area contributed by atoms with Gasteiger partial charge in [0.1, 0.15) is 22.1 Å². The summed E-state index contributed by atoms with van der Waals surface area (Å²) in [4.78, 5) is 43.6. The second kappa shape index (κ2) is 10.7. The quantitative estimate of drug-likeness (QED) is 0.249. The van der Waals surface area contributed by atoms with Crippen LogP contribution in [0.5, 0.6) is 11.5 Å². The average molecular weight is 565 g/mol. The highest BCUT2D eigenvalue weighted by molar-refractivity contribution is 7.19. The summed E-state index contributed by atoms with van der Waals surface area (Å²) in [6.45, 7) is 1.59. The summed E-state index contributed by atoms with van der Waals surface area (Å²) in [5, 5.41) is 5.04. The number of amides is 2. The highest BCUT2D eigenvalue weighted by Gasteiger charge is 2.31. The van der Waals surface area contributed by atoms with E-state index in [0.717, 1.165) is 33.9 Å². The molecule has 12 heteroatoms. The number of carbonyl (C=O) groups excluding carboxylic acids is 2. The molecule has 2 N–H and O–H groups in total. The predicted octanol–water partition coefficient (Wildman–Crippen LogP) is 6.38. The zero-order chi connectivity index (χ0) is 28.4. The number of alkyl halides is 3. The van der Waals surface area contributed by atoms with Crippen LogP contribution < -0.4 is 20.9 Å². The fourth-order valence-electron chi connectivity index (χ4n) is 3.83. The molecule has 0 aliphatic heterocycles. The number of thiazole rings is 1. The van der Waals surface area contributed by atoms with Crippen LogP contribution in [0.4, 0.5) is 24.5 Å².